The van der Waals surface area contributed by atoms with Crippen molar-refractivity contribution < 1.29 is 28.6 Å². The van der Waals surface area contributed by atoms with Gasteiger partial charge in [0.25, 0.3) is 0 Å². The molecular weight excluding hydrogens is 319 g/mol. The fraction of sp³-hybridized carbons (Fsp3) is 0.312. The molecule has 2 N–H and O–H groups in total. The van der Waals surface area contributed by atoms with Crippen molar-refractivity contribution in [3.05, 3.63) is 47.5 Å². The lowest BCUT2D eigenvalue weighted by Gasteiger charge is -2.22. The molecule has 2 aromatic rings. The smallest absolute Gasteiger partial charge is 0.363 e. The molecule has 2 aromatic carbocycles. The predicted molar refractivity (Wildman–Crippen MR) is 86.7 cm³/mol. The number of aliphatic hydroxyl groups is 1. The van der Waals surface area contributed by atoms with Crippen LogP contribution in [0.2, 0.25) is 0 Å². The van der Waals surface area contributed by atoms with E-state index in [0.29, 0.717) is 10.9 Å². The summed E-state index contributed by atoms with van der Waals surface area (Å²) in [6.45, 7) is 3.62. The predicted octanol–water partition coefficient (Wildman–Crippen LogP) is 3.80. The molecule has 0 bridgehead atoms. The Bertz CT molecular complexity index is 747. The summed E-state index contributed by atoms with van der Waals surface area (Å²) in [5, 5.41) is 20.9. The van der Waals surface area contributed by atoms with E-state index in [1.165, 1.54) is 12.1 Å². The largest absolute Gasteiger partial charge is 0.478 e. The van der Waals surface area contributed by atoms with Gasteiger partial charge >= 0.3 is 13.6 Å². The number of carbonyl (C=O) groups is 1. The molecule has 6 nitrogen and oxygen atoms in total. The third kappa shape index (κ3) is 3.79. The third-order valence-corrected chi connectivity index (χ3v) is 5.46. The average Bonchev–Trinajstić information content (AvgIpc) is 2.53. The molecule has 1 atom stereocenters. The number of aliphatic hydroxyl groups excluding tert-OH is 1. The minimum atomic E-state index is -3.70. The number of hydrogen-bond acceptors (Lipinski definition) is 5. The zero-order chi connectivity index (χ0) is 17.0. The Hall–Kier alpha value is -1.72. The lowest BCUT2D eigenvalue weighted by Crippen LogP contribution is -2.06. The number of carboxylic acid groups (broad SMARTS) is 1. The van der Waals surface area contributed by atoms with Crippen LogP contribution in [-0.2, 0) is 13.6 Å². The second-order valence-electron chi connectivity index (χ2n) is 4.88. The van der Waals surface area contributed by atoms with Gasteiger partial charge in [-0.15, -0.1) is 0 Å². The molecule has 0 aliphatic carbocycles. The summed E-state index contributed by atoms with van der Waals surface area (Å²) in [5.74, 6) is -2.47. The van der Waals surface area contributed by atoms with Crippen molar-refractivity contribution in [3.8, 4) is 0 Å². The number of rotatable bonds is 7. The monoisotopic (exact) mass is 338 g/mol. The molecule has 0 saturated heterocycles. The first-order chi connectivity index (χ1) is 10.9. The minimum Gasteiger partial charge on any atom is -0.478 e. The van der Waals surface area contributed by atoms with Crippen LogP contribution in [0.15, 0.2) is 36.4 Å². The molecule has 23 heavy (non-hydrogen) atoms. The van der Waals surface area contributed by atoms with Crippen LogP contribution in [0, 0.1) is 0 Å². The molecule has 0 saturated carbocycles. The van der Waals surface area contributed by atoms with E-state index in [0.717, 1.165) is 5.39 Å². The maximum Gasteiger partial charge on any atom is 0.363 e. The first-order valence-corrected chi connectivity index (χ1v) is 8.86. The number of aromatic carboxylic acids is 1. The summed E-state index contributed by atoms with van der Waals surface area (Å²) in [4.78, 5) is 11.1. The fourth-order valence-corrected chi connectivity index (χ4v) is 3.88. The van der Waals surface area contributed by atoms with E-state index in [4.69, 9.17) is 14.2 Å². The molecule has 2 rings (SSSR count). The van der Waals surface area contributed by atoms with Crippen LogP contribution >= 0.6 is 7.60 Å². The highest BCUT2D eigenvalue weighted by Crippen LogP contribution is 2.59. The van der Waals surface area contributed by atoms with E-state index in [1.807, 2.05) is 0 Å². The Morgan fingerprint density at radius 1 is 1.09 bits per heavy atom. The Kier molecular flexibility index (Phi) is 5.55. The first kappa shape index (κ1) is 17.6. The second kappa shape index (κ2) is 7.23. The molecule has 124 valence electrons. The van der Waals surface area contributed by atoms with Crippen LogP contribution in [0.25, 0.3) is 10.8 Å². The van der Waals surface area contributed by atoms with Gasteiger partial charge in [0.2, 0.25) is 0 Å². The zero-order valence-electron chi connectivity index (χ0n) is 12.9. The highest BCUT2D eigenvalue weighted by Gasteiger charge is 2.35. The Morgan fingerprint density at radius 2 is 1.70 bits per heavy atom. The number of fused-ring (bicyclic) bond motifs is 1. The van der Waals surface area contributed by atoms with E-state index in [-0.39, 0.29) is 18.8 Å². The number of benzene rings is 2. The summed E-state index contributed by atoms with van der Waals surface area (Å²) < 4.78 is 22.9. The highest BCUT2D eigenvalue weighted by atomic mass is 31.2. The van der Waals surface area contributed by atoms with Crippen LogP contribution in [0.1, 0.15) is 35.6 Å². The highest BCUT2D eigenvalue weighted by molar-refractivity contribution is 7.54. The molecule has 0 aliphatic heterocycles. The molecule has 0 radical (unpaired) electrons. The molecule has 1 unspecified atom stereocenters. The van der Waals surface area contributed by atoms with Gasteiger partial charge in [-0.25, -0.2) is 4.79 Å². The fourth-order valence-electron chi connectivity index (χ4n) is 2.28. The van der Waals surface area contributed by atoms with E-state index in [1.54, 1.807) is 38.1 Å². The molecule has 0 heterocycles. The molecule has 0 spiro atoms. The average molecular weight is 338 g/mol. The van der Waals surface area contributed by atoms with E-state index in [2.05, 4.69) is 0 Å². The molecule has 0 aromatic heterocycles. The van der Waals surface area contributed by atoms with Gasteiger partial charge in [-0.1, -0.05) is 18.2 Å². The van der Waals surface area contributed by atoms with Crippen LogP contribution in [-0.4, -0.2) is 29.4 Å². The molecule has 7 heteroatoms. The SMILES string of the molecule is CCOP(=O)(OCC)C(O)c1ccc2ccc(C(=O)O)cc2c1. The summed E-state index contributed by atoms with van der Waals surface area (Å²) in [6.07, 6.45) is 0. The lowest BCUT2D eigenvalue weighted by atomic mass is 10.0. The van der Waals surface area contributed by atoms with Crippen LogP contribution in [0.4, 0.5) is 0 Å². The summed E-state index contributed by atoms with van der Waals surface area (Å²) >= 11 is 0. The normalized spacial score (nSPS) is 13.2. The molecule has 0 fully saturated rings. The maximum atomic E-state index is 12.6. The van der Waals surface area contributed by atoms with Gasteiger partial charge in [0, 0.05) is 0 Å². The lowest BCUT2D eigenvalue weighted by molar-refractivity contribution is 0.0697. The van der Waals surface area contributed by atoms with Gasteiger partial charge in [0.05, 0.1) is 18.8 Å². The third-order valence-electron chi connectivity index (χ3n) is 3.33. The van der Waals surface area contributed by atoms with E-state index in [9.17, 15) is 14.5 Å². The molecule has 0 amide bonds. The van der Waals surface area contributed by atoms with Crippen molar-refractivity contribution in [1.29, 1.82) is 0 Å². The first-order valence-electron chi connectivity index (χ1n) is 7.25. The van der Waals surface area contributed by atoms with Gasteiger partial charge < -0.3 is 19.3 Å². The van der Waals surface area contributed by atoms with E-state index < -0.39 is 19.4 Å². The Morgan fingerprint density at radius 3 is 2.26 bits per heavy atom. The van der Waals surface area contributed by atoms with Gasteiger partial charge in [-0.3, -0.25) is 4.57 Å². The van der Waals surface area contributed by atoms with Gasteiger partial charge in [0.1, 0.15) is 0 Å². The Balaban J connectivity index is 2.45. The molecular formula is C16H19O6P. The van der Waals surface area contributed by atoms with Gasteiger partial charge in [0.15, 0.2) is 5.85 Å². The quantitative estimate of drug-likeness (QED) is 0.746. The van der Waals surface area contributed by atoms with Crippen molar-refractivity contribution >= 4 is 24.3 Å². The van der Waals surface area contributed by atoms with Crippen LogP contribution < -0.4 is 0 Å². The van der Waals surface area contributed by atoms with Crippen molar-refractivity contribution in [2.45, 2.75) is 19.7 Å². The topological polar surface area (TPSA) is 93.1 Å². The van der Waals surface area contributed by atoms with Crippen LogP contribution in [0.3, 0.4) is 0 Å². The van der Waals surface area contributed by atoms with Crippen molar-refractivity contribution in [3.63, 3.8) is 0 Å². The van der Waals surface area contributed by atoms with Crippen molar-refractivity contribution in [1.82, 2.24) is 0 Å². The van der Waals surface area contributed by atoms with Crippen molar-refractivity contribution in [2.24, 2.45) is 0 Å². The maximum absolute atomic E-state index is 12.6. The number of hydrogen-bond donors (Lipinski definition) is 2. The molecule has 0 aliphatic rings. The van der Waals surface area contributed by atoms with Gasteiger partial charge in [-0.05, 0) is 48.4 Å². The standard InChI is InChI=1S/C16H19O6P/c1-3-21-23(20,22-4-2)16(19)13-8-6-11-5-7-12(15(17)18)9-14(11)10-13/h5-10,16,19H,3-4H2,1-2H3,(H,17,18). The second-order valence-corrected chi connectivity index (χ2v) is 6.96. The van der Waals surface area contributed by atoms with Crippen molar-refractivity contribution in [2.75, 3.05) is 13.2 Å². The number of carboxylic acids is 1. The minimum absolute atomic E-state index is 0.141. The van der Waals surface area contributed by atoms with Gasteiger partial charge in [-0.2, -0.15) is 0 Å². The van der Waals surface area contributed by atoms with E-state index >= 15 is 0 Å². The Labute approximate surface area is 134 Å². The summed E-state index contributed by atoms with van der Waals surface area (Å²) in [5.41, 5.74) is 0.493. The summed E-state index contributed by atoms with van der Waals surface area (Å²) in [6, 6.07) is 9.63. The summed E-state index contributed by atoms with van der Waals surface area (Å²) in [7, 11) is -3.70. The van der Waals surface area contributed by atoms with Crippen LogP contribution in [0.5, 0.6) is 0 Å². The zero-order valence-corrected chi connectivity index (χ0v) is 13.8.